The summed E-state index contributed by atoms with van der Waals surface area (Å²) in [5.74, 6) is 0.917. The van der Waals surface area contributed by atoms with E-state index in [4.69, 9.17) is 4.42 Å². The van der Waals surface area contributed by atoms with Crippen molar-refractivity contribution in [2.24, 2.45) is 0 Å². The van der Waals surface area contributed by atoms with Crippen LogP contribution < -0.4 is 0 Å². The molecule has 1 nitrogen and oxygen atoms in total. The average Bonchev–Trinajstić information content (AvgIpc) is 2.67. The summed E-state index contributed by atoms with van der Waals surface area (Å²) < 4.78 is 6.33. The van der Waals surface area contributed by atoms with Crippen LogP contribution in [0.1, 0.15) is 27.3 Å². The van der Waals surface area contributed by atoms with Crippen LogP contribution in [0.15, 0.2) is 39.4 Å². The van der Waals surface area contributed by atoms with Gasteiger partial charge >= 0.3 is 0 Å². The zero-order valence-corrected chi connectivity index (χ0v) is 12.3. The predicted octanol–water partition coefficient (Wildman–Crippen LogP) is 5.14. The van der Waals surface area contributed by atoms with Crippen LogP contribution in [0.3, 0.4) is 0 Å². The molecule has 0 aliphatic carbocycles. The van der Waals surface area contributed by atoms with Crippen LogP contribution in [-0.2, 0) is 0 Å². The first-order valence-corrected chi connectivity index (χ1v) is 6.75. The lowest BCUT2D eigenvalue weighted by molar-refractivity contribution is 0.497. The third-order valence-corrected chi connectivity index (χ3v) is 3.92. The smallest absolute Gasteiger partial charge is 0.169 e. The highest BCUT2D eigenvalue weighted by Crippen LogP contribution is 2.35. The third kappa shape index (κ3) is 2.41. The predicted molar refractivity (Wildman–Crippen MR) is 73.1 cm³/mol. The molecule has 2 rings (SSSR count). The first-order valence-electron chi connectivity index (χ1n) is 5.04. The molecule has 1 heterocycles. The topological polar surface area (TPSA) is 13.1 Å². The van der Waals surface area contributed by atoms with E-state index in [-0.39, 0.29) is 4.83 Å². The summed E-state index contributed by atoms with van der Waals surface area (Å²) in [6.45, 7) is 4.21. The Balaban J connectivity index is 2.40. The number of alkyl halides is 1. The monoisotopic (exact) mass is 342 g/mol. The number of aryl methyl sites for hydroxylation is 2. The lowest BCUT2D eigenvalue weighted by atomic mass is 10.0. The molecule has 0 aliphatic rings. The average molecular weight is 344 g/mol. The minimum Gasteiger partial charge on any atom is -0.453 e. The molecule has 0 saturated heterocycles. The van der Waals surface area contributed by atoms with Crippen molar-refractivity contribution < 1.29 is 4.42 Å². The molecule has 1 aromatic heterocycles. The van der Waals surface area contributed by atoms with Crippen molar-refractivity contribution in [1.29, 1.82) is 0 Å². The van der Waals surface area contributed by atoms with Crippen molar-refractivity contribution >= 4 is 31.9 Å². The van der Waals surface area contributed by atoms with Gasteiger partial charge in [0.15, 0.2) is 4.67 Å². The van der Waals surface area contributed by atoms with E-state index in [1.165, 1.54) is 16.7 Å². The van der Waals surface area contributed by atoms with Gasteiger partial charge in [-0.25, -0.2) is 0 Å². The van der Waals surface area contributed by atoms with Gasteiger partial charge in [0.2, 0.25) is 0 Å². The van der Waals surface area contributed by atoms with E-state index in [1.807, 2.05) is 12.1 Å². The highest BCUT2D eigenvalue weighted by atomic mass is 79.9. The second kappa shape index (κ2) is 4.76. The van der Waals surface area contributed by atoms with Crippen molar-refractivity contribution in [3.8, 4) is 0 Å². The van der Waals surface area contributed by atoms with Gasteiger partial charge in [-0.15, -0.1) is 0 Å². The first kappa shape index (κ1) is 11.9. The molecular weight excluding hydrogens is 332 g/mol. The van der Waals surface area contributed by atoms with Crippen LogP contribution in [0.4, 0.5) is 0 Å². The molecule has 0 saturated carbocycles. The van der Waals surface area contributed by atoms with Crippen molar-refractivity contribution in [3.63, 3.8) is 0 Å². The molecule has 2 aromatic rings. The SMILES string of the molecule is Cc1ccc(C)c(C(Br)c2ccc(Br)o2)c1. The molecule has 0 spiro atoms. The van der Waals surface area contributed by atoms with Crippen LogP contribution >= 0.6 is 31.9 Å². The van der Waals surface area contributed by atoms with Crippen LogP contribution in [-0.4, -0.2) is 0 Å². The molecule has 0 fully saturated rings. The Morgan fingerprint density at radius 3 is 2.50 bits per heavy atom. The molecule has 0 radical (unpaired) electrons. The number of hydrogen-bond acceptors (Lipinski definition) is 1. The highest BCUT2D eigenvalue weighted by Gasteiger charge is 2.16. The largest absolute Gasteiger partial charge is 0.453 e. The van der Waals surface area contributed by atoms with E-state index in [0.29, 0.717) is 0 Å². The molecule has 3 heteroatoms. The Kier molecular flexibility index (Phi) is 3.55. The molecule has 84 valence electrons. The summed E-state index contributed by atoms with van der Waals surface area (Å²) in [6, 6.07) is 10.3. The summed E-state index contributed by atoms with van der Waals surface area (Å²) >= 11 is 7.00. The molecule has 0 amide bonds. The Bertz CT molecular complexity index is 502. The zero-order chi connectivity index (χ0) is 11.7. The van der Waals surface area contributed by atoms with Gasteiger partial charge in [0.05, 0.1) is 4.83 Å². The molecule has 1 aromatic carbocycles. The summed E-state index contributed by atoms with van der Waals surface area (Å²) in [7, 11) is 0. The molecule has 0 bridgehead atoms. The molecule has 1 unspecified atom stereocenters. The van der Waals surface area contributed by atoms with Gasteiger partial charge in [-0.1, -0.05) is 39.7 Å². The van der Waals surface area contributed by atoms with Crippen molar-refractivity contribution in [1.82, 2.24) is 0 Å². The quantitative estimate of drug-likeness (QED) is 0.688. The first-order chi connectivity index (χ1) is 7.58. The minimum atomic E-state index is 0.110. The Morgan fingerprint density at radius 1 is 1.12 bits per heavy atom. The second-order valence-corrected chi connectivity index (χ2v) is 5.56. The fourth-order valence-corrected chi connectivity index (χ4v) is 2.71. The number of rotatable bonds is 2. The molecular formula is C13H12Br2O. The Hall–Kier alpha value is -0.540. The van der Waals surface area contributed by atoms with Gasteiger partial charge in [0.25, 0.3) is 0 Å². The van der Waals surface area contributed by atoms with E-state index < -0.39 is 0 Å². The standard InChI is InChI=1S/C13H12Br2O/c1-8-3-4-9(2)10(7-8)13(15)11-5-6-12(14)16-11/h3-7,13H,1-2H3. The lowest BCUT2D eigenvalue weighted by Crippen LogP contribution is -1.95. The normalized spacial score (nSPS) is 12.8. The van der Waals surface area contributed by atoms with Gasteiger partial charge in [-0.05, 0) is 53.0 Å². The molecule has 0 N–H and O–H groups in total. The van der Waals surface area contributed by atoms with Crippen molar-refractivity contribution in [2.75, 3.05) is 0 Å². The summed E-state index contributed by atoms with van der Waals surface area (Å²) in [5, 5.41) is 0. The van der Waals surface area contributed by atoms with E-state index in [0.717, 1.165) is 10.4 Å². The van der Waals surface area contributed by atoms with Gasteiger partial charge in [0.1, 0.15) is 5.76 Å². The van der Waals surface area contributed by atoms with Gasteiger partial charge in [-0.3, -0.25) is 0 Å². The number of halogens is 2. The zero-order valence-electron chi connectivity index (χ0n) is 9.13. The van der Waals surface area contributed by atoms with E-state index in [9.17, 15) is 0 Å². The van der Waals surface area contributed by atoms with E-state index in [2.05, 4.69) is 63.9 Å². The van der Waals surface area contributed by atoms with Crippen LogP contribution in [0.5, 0.6) is 0 Å². The van der Waals surface area contributed by atoms with Crippen molar-refractivity contribution in [2.45, 2.75) is 18.7 Å². The maximum absolute atomic E-state index is 5.56. The van der Waals surface area contributed by atoms with Gasteiger partial charge < -0.3 is 4.42 Å². The fourth-order valence-electron chi connectivity index (χ4n) is 1.65. The van der Waals surface area contributed by atoms with Crippen LogP contribution in [0.2, 0.25) is 0 Å². The van der Waals surface area contributed by atoms with E-state index in [1.54, 1.807) is 0 Å². The number of benzene rings is 1. The van der Waals surface area contributed by atoms with Gasteiger partial charge in [0, 0.05) is 0 Å². The van der Waals surface area contributed by atoms with E-state index >= 15 is 0 Å². The molecule has 0 aliphatic heterocycles. The summed E-state index contributed by atoms with van der Waals surface area (Å²) in [4.78, 5) is 0.110. The fraction of sp³-hybridized carbons (Fsp3) is 0.231. The Morgan fingerprint density at radius 2 is 1.88 bits per heavy atom. The summed E-state index contributed by atoms with van der Waals surface area (Å²) in [5.41, 5.74) is 3.78. The van der Waals surface area contributed by atoms with Crippen LogP contribution in [0.25, 0.3) is 0 Å². The minimum absolute atomic E-state index is 0.110. The number of hydrogen-bond donors (Lipinski definition) is 0. The van der Waals surface area contributed by atoms with Crippen LogP contribution in [0, 0.1) is 13.8 Å². The molecule has 16 heavy (non-hydrogen) atoms. The summed E-state index contributed by atoms with van der Waals surface area (Å²) in [6.07, 6.45) is 0. The second-order valence-electron chi connectivity index (χ2n) is 3.86. The van der Waals surface area contributed by atoms with Crippen molar-refractivity contribution in [3.05, 3.63) is 57.5 Å². The maximum atomic E-state index is 5.56. The lowest BCUT2D eigenvalue weighted by Gasteiger charge is -2.11. The maximum Gasteiger partial charge on any atom is 0.169 e. The Labute approximate surface area is 112 Å². The number of furan rings is 1. The third-order valence-electron chi connectivity index (χ3n) is 2.55. The highest BCUT2D eigenvalue weighted by molar-refractivity contribution is 9.10. The van der Waals surface area contributed by atoms with Gasteiger partial charge in [-0.2, -0.15) is 0 Å². The molecule has 1 atom stereocenters.